The van der Waals surface area contributed by atoms with Crippen LogP contribution in [0.25, 0.3) is 0 Å². The van der Waals surface area contributed by atoms with Gasteiger partial charge in [-0.1, -0.05) is 316 Å². The molecule has 4 heteroatoms. The molecule has 1 aliphatic rings. The molecule has 1 aliphatic carbocycles. The fourth-order valence-electron chi connectivity index (χ4n) is 8.42. The van der Waals surface area contributed by atoms with Gasteiger partial charge >= 0.3 is 0 Å². The third-order valence-corrected chi connectivity index (χ3v) is 17.0. The number of carbonyl (C=O) groups is 1. The Kier molecular flexibility index (Phi) is 38.6. The topological polar surface area (TPSA) is 55.8 Å². The van der Waals surface area contributed by atoms with Gasteiger partial charge in [0.1, 0.15) is 6.29 Å². The van der Waals surface area contributed by atoms with Crippen molar-refractivity contribution in [1.29, 1.82) is 0 Å². The Morgan fingerprint density at radius 2 is 0.782 bits per heavy atom. The number of ether oxygens (including phenoxy) is 2. The largest absolute Gasteiger partial charge is 0.396 e. The Morgan fingerprint density at radius 3 is 0.833 bits per heavy atom. The molecule has 78 heavy (non-hydrogen) atoms. The van der Waals surface area contributed by atoms with Crippen LogP contribution in [0.3, 0.4) is 0 Å². The van der Waals surface area contributed by atoms with E-state index in [1.54, 1.807) is 14.2 Å². The number of hydrogen-bond acceptors (Lipinski definition) is 4. The Morgan fingerprint density at radius 1 is 0.500 bits per heavy atom. The predicted molar refractivity (Wildman–Crippen MR) is 360 cm³/mol. The molecule has 4 nitrogen and oxygen atoms in total. The van der Waals surface area contributed by atoms with Gasteiger partial charge in [0, 0.05) is 31.7 Å². The van der Waals surface area contributed by atoms with Gasteiger partial charge in [-0.15, -0.1) is 0 Å². The number of methoxy groups -OCH3 is 2. The van der Waals surface area contributed by atoms with Crippen molar-refractivity contribution in [2.75, 3.05) is 20.8 Å². The molecule has 1 N–H and O–H groups in total. The van der Waals surface area contributed by atoms with E-state index in [1.165, 1.54) is 30.4 Å². The number of allylic oxidation sites excluding steroid dienone is 2. The van der Waals surface area contributed by atoms with Crippen LogP contribution in [-0.2, 0) is 14.3 Å². The smallest absolute Gasteiger partial charge is 0.161 e. The minimum Gasteiger partial charge on any atom is -0.396 e. The van der Waals surface area contributed by atoms with Crippen LogP contribution >= 0.6 is 0 Å². The predicted octanol–water partition coefficient (Wildman–Crippen LogP) is 24.7. The van der Waals surface area contributed by atoms with Crippen molar-refractivity contribution in [3.8, 4) is 0 Å². The standard InChI is InChI=1S/C13H28.C12H26.C12H24.C11H24.C9H18.C7H16O2.C5H12O.C5H10O/c1-10(11(2,3)4)13(8,9)12(5,6)7;1-10(2,3)9-12(7,8)11(4,5)6;1-9(11(3,4)5)10(2)12(6,7)8;1-9(11(5,6)7)8-10(2,3)4;1-8(2,3)7-6-9(7,4)5;1-7(2,3)6(8-4)9-5;2*1-5(2,3)4-6/h10H,1-9H3;9H2,1-8H3;1-8H3;9H,8H2,1-7H3;7H,6H2,1-5H3;6H,1-5H3;6H,4H2,1-3H3;4H,1-3H3/b;;10-9+;;;;;. The van der Waals surface area contributed by atoms with Crippen molar-refractivity contribution >= 4 is 6.29 Å². The second kappa shape index (κ2) is 33.1. The zero-order valence-corrected chi connectivity index (χ0v) is 63.9. The van der Waals surface area contributed by atoms with E-state index in [9.17, 15) is 4.79 Å². The van der Waals surface area contributed by atoms with E-state index in [1.807, 2.05) is 41.5 Å². The Labute approximate surface area is 498 Å². The summed E-state index contributed by atoms with van der Waals surface area (Å²) in [4.78, 5) is 9.83. The Hall–Kier alpha value is -0.710. The average molecular weight is 1110 g/mol. The van der Waals surface area contributed by atoms with Gasteiger partial charge < -0.3 is 19.4 Å². The molecule has 1 fully saturated rings. The summed E-state index contributed by atoms with van der Waals surface area (Å²) in [5.74, 6) is 2.49. The van der Waals surface area contributed by atoms with Gasteiger partial charge in [-0.2, -0.15) is 0 Å². The van der Waals surface area contributed by atoms with Crippen LogP contribution in [0, 0.1) is 99.0 Å². The quantitative estimate of drug-likeness (QED) is 0.169. The lowest BCUT2D eigenvalue weighted by atomic mass is 9.56. The summed E-state index contributed by atoms with van der Waals surface area (Å²) in [5, 5.41) is 8.40. The minimum absolute atomic E-state index is 0.0729. The monoisotopic (exact) mass is 1110 g/mol. The Bertz CT molecular complexity index is 1540. The number of carbonyl (C=O) groups excluding carboxylic acids is 1. The number of aldehydes is 1. The van der Waals surface area contributed by atoms with Crippen LogP contribution in [0.15, 0.2) is 11.1 Å². The summed E-state index contributed by atoms with van der Waals surface area (Å²) in [6.07, 6.45) is 4.86. The van der Waals surface area contributed by atoms with Gasteiger partial charge in [-0.05, 0) is 121 Å². The van der Waals surface area contributed by atoms with Gasteiger partial charge in [0.15, 0.2) is 6.29 Å². The third kappa shape index (κ3) is 47.7. The fraction of sp³-hybridized carbons (Fsp3) is 0.959. The van der Waals surface area contributed by atoms with E-state index in [2.05, 4.69) is 277 Å². The minimum atomic E-state index is -0.139. The van der Waals surface area contributed by atoms with Crippen LogP contribution < -0.4 is 0 Å². The van der Waals surface area contributed by atoms with Crippen LogP contribution in [0.4, 0.5) is 0 Å². The third-order valence-electron chi connectivity index (χ3n) is 17.0. The van der Waals surface area contributed by atoms with E-state index >= 15 is 0 Å². The second-order valence-corrected chi connectivity index (χ2v) is 39.2. The molecule has 3 unspecified atom stereocenters. The van der Waals surface area contributed by atoms with Gasteiger partial charge in [0.25, 0.3) is 0 Å². The first-order valence-electron chi connectivity index (χ1n) is 30.8. The highest BCUT2D eigenvalue weighted by atomic mass is 16.7. The molecule has 0 bridgehead atoms. The molecule has 0 aromatic heterocycles. The molecule has 0 heterocycles. The summed E-state index contributed by atoms with van der Waals surface area (Å²) in [5.41, 5.74) is 8.27. The lowest BCUT2D eigenvalue weighted by molar-refractivity contribution is -0.161. The van der Waals surface area contributed by atoms with Gasteiger partial charge in [-0.3, -0.25) is 0 Å². The van der Waals surface area contributed by atoms with Crippen LogP contribution in [0.2, 0.25) is 0 Å². The molecule has 0 amide bonds. The highest BCUT2D eigenvalue weighted by Gasteiger charge is 2.51. The lowest BCUT2D eigenvalue weighted by Gasteiger charge is -2.49. The maximum Gasteiger partial charge on any atom is 0.161 e. The first kappa shape index (κ1) is 91.0. The molecule has 0 saturated heterocycles. The second-order valence-electron chi connectivity index (χ2n) is 39.2. The van der Waals surface area contributed by atoms with E-state index in [0.29, 0.717) is 65.0 Å². The zero-order chi connectivity index (χ0) is 65.9. The van der Waals surface area contributed by atoms with E-state index < -0.39 is 0 Å². The summed E-state index contributed by atoms with van der Waals surface area (Å²) >= 11 is 0. The van der Waals surface area contributed by atoms with Crippen molar-refractivity contribution in [2.45, 2.75) is 344 Å². The highest BCUT2D eigenvalue weighted by molar-refractivity contribution is 5.56. The van der Waals surface area contributed by atoms with Gasteiger partial charge in [0.2, 0.25) is 0 Å². The summed E-state index contributed by atoms with van der Waals surface area (Å²) in [6, 6.07) is 0. The first-order valence-corrected chi connectivity index (χ1v) is 30.8. The molecule has 0 aliphatic heterocycles. The van der Waals surface area contributed by atoms with Crippen molar-refractivity contribution in [3.05, 3.63) is 11.1 Å². The summed E-state index contributed by atoms with van der Waals surface area (Å²) in [7, 11) is 3.30. The number of aliphatic hydroxyl groups is 1. The maximum absolute atomic E-state index is 9.83. The SMILES string of the molecule is C/C(=C(/C)C(C)(C)C)C(C)(C)C.CC(C(C)(C)C)C(C)(C)C(C)(C)C.CC(C)(C)C1CC1(C)C.CC(C)(C)C=O.CC(C)(C)CC(C)(C)C(C)(C)C.CC(C)(C)CO.CC(CC(C)(C)C)C(C)(C)C.COC(OC)C(C)(C)C. The van der Waals surface area contributed by atoms with Crippen LogP contribution in [0.1, 0.15) is 338 Å². The molecular weight excluding hydrogens is 953 g/mol. The lowest BCUT2D eigenvalue weighted by Crippen LogP contribution is -2.41. The first-order chi connectivity index (χ1) is 33.0. The molecule has 0 spiro atoms. The van der Waals surface area contributed by atoms with Crippen LogP contribution in [0.5, 0.6) is 0 Å². The fourth-order valence-corrected chi connectivity index (χ4v) is 8.42. The Balaban J connectivity index is -0.000000149. The molecule has 0 aromatic carbocycles. The van der Waals surface area contributed by atoms with Crippen molar-refractivity contribution < 1.29 is 19.4 Å². The van der Waals surface area contributed by atoms with E-state index in [-0.39, 0.29) is 29.1 Å². The molecule has 1 saturated carbocycles. The number of rotatable bonds is 5. The zero-order valence-electron chi connectivity index (χ0n) is 63.9. The van der Waals surface area contributed by atoms with Gasteiger partial charge in [-0.25, -0.2) is 0 Å². The maximum atomic E-state index is 9.83. The normalized spacial score (nSPS) is 17.0. The molecular formula is C74H158O4. The van der Waals surface area contributed by atoms with Crippen LogP contribution in [-0.4, -0.2) is 38.5 Å². The molecule has 478 valence electrons. The summed E-state index contributed by atoms with van der Waals surface area (Å²) in [6.45, 7) is 104. The van der Waals surface area contributed by atoms with Crippen molar-refractivity contribution in [1.82, 2.24) is 0 Å². The average Bonchev–Trinajstić information content (AvgIpc) is 3.80. The molecule has 3 atom stereocenters. The highest BCUT2D eigenvalue weighted by Crippen LogP contribution is 2.60. The molecule has 0 aromatic rings. The van der Waals surface area contributed by atoms with Crippen molar-refractivity contribution in [3.63, 3.8) is 0 Å². The molecule has 1 rings (SSSR count). The van der Waals surface area contributed by atoms with Crippen molar-refractivity contribution in [2.24, 2.45) is 99.0 Å². The number of aliphatic hydroxyl groups excluding tert-OH is 1. The van der Waals surface area contributed by atoms with Gasteiger partial charge in [0.05, 0.1) is 0 Å². The summed E-state index contributed by atoms with van der Waals surface area (Å²) < 4.78 is 10.1. The van der Waals surface area contributed by atoms with E-state index in [0.717, 1.165) is 24.0 Å². The number of hydrogen-bond donors (Lipinski definition) is 1. The van der Waals surface area contributed by atoms with E-state index in [4.69, 9.17) is 14.6 Å². The molecule has 0 radical (unpaired) electrons.